The molecule has 110 valence electrons. The summed E-state index contributed by atoms with van der Waals surface area (Å²) in [7, 11) is 0. The molecule has 3 N–H and O–H groups in total. The molecule has 1 aromatic rings. The summed E-state index contributed by atoms with van der Waals surface area (Å²) in [4.78, 5) is 12.7. The van der Waals surface area contributed by atoms with Gasteiger partial charge in [-0.05, 0) is 31.9 Å². The van der Waals surface area contributed by atoms with E-state index in [0.717, 1.165) is 10.5 Å². The van der Waals surface area contributed by atoms with Crippen LogP contribution in [0.1, 0.15) is 19.4 Å². The molecule has 1 amide bonds. The van der Waals surface area contributed by atoms with Crippen LogP contribution in [-0.4, -0.2) is 23.0 Å². The van der Waals surface area contributed by atoms with Crippen LogP contribution < -0.4 is 11.1 Å². The maximum atomic E-state index is 11.9. The van der Waals surface area contributed by atoms with Crippen LogP contribution >= 0.6 is 24.4 Å². The Morgan fingerprint density at radius 3 is 2.90 bits per heavy atom. The molecule has 0 aromatic heterocycles. The van der Waals surface area contributed by atoms with Crippen LogP contribution in [0.4, 0.5) is 5.69 Å². The first-order valence-electron chi connectivity index (χ1n) is 6.57. The smallest absolute Gasteiger partial charge is 0.232 e. The standard InChI is InChI=1S/C15H22N2OS2/c1-4-10(2)20-11(3)15(18)17-9-8-12-6-5-7-13(19)14(12)16/h4-7,10-11,19H,1,8-9,16H2,2-3H3,(H,17,18). The first kappa shape index (κ1) is 17.0. The van der Waals surface area contributed by atoms with Gasteiger partial charge in [-0.3, -0.25) is 4.79 Å². The van der Waals surface area contributed by atoms with Gasteiger partial charge >= 0.3 is 0 Å². The lowest BCUT2D eigenvalue weighted by molar-refractivity contribution is -0.120. The van der Waals surface area contributed by atoms with Gasteiger partial charge in [0.05, 0.1) is 5.25 Å². The number of nitrogens with two attached hydrogens (primary N) is 1. The molecule has 3 nitrogen and oxygen atoms in total. The molecule has 1 aromatic carbocycles. The molecule has 0 radical (unpaired) electrons. The van der Waals surface area contributed by atoms with E-state index in [1.165, 1.54) is 0 Å². The van der Waals surface area contributed by atoms with Gasteiger partial charge in [-0.1, -0.05) is 18.2 Å². The Hall–Kier alpha value is -1.07. The quantitative estimate of drug-likeness (QED) is 0.412. The van der Waals surface area contributed by atoms with Crippen molar-refractivity contribution in [3.8, 4) is 0 Å². The summed E-state index contributed by atoms with van der Waals surface area (Å²) in [5.74, 6) is 0.0456. The minimum atomic E-state index is -0.0865. The number of benzene rings is 1. The van der Waals surface area contributed by atoms with E-state index in [2.05, 4.69) is 24.5 Å². The number of carbonyl (C=O) groups excluding carboxylic acids is 1. The number of rotatable bonds is 7. The van der Waals surface area contributed by atoms with E-state index in [-0.39, 0.29) is 16.4 Å². The van der Waals surface area contributed by atoms with E-state index < -0.39 is 0 Å². The summed E-state index contributed by atoms with van der Waals surface area (Å²) in [5.41, 5.74) is 7.64. The van der Waals surface area contributed by atoms with Crippen molar-refractivity contribution in [3.63, 3.8) is 0 Å². The highest BCUT2D eigenvalue weighted by Crippen LogP contribution is 2.21. The van der Waals surface area contributed by atoms with E-state index in [9.17, 15) is 4.79 Å². The minimum Gasteiger partial charge on any atom is -0.398 e. The number of hydrogen-bond donors (Lipinski definition) is 3. The molecule has 5 heteroatoms. The number of para-hydroxylation sites is 1. The number of nitrogen functional groups attached to an aromatic ring is 1. The van der Waals surface area contributed by atoms with Gasteiger partial charge in [0, 0.05) is 22.4 Å². The monoisotopic (exact) mass is 310 g/mol. The minimum absolute atomic E-state index is 0.0456. The summed E-state index contributed by atoms with van der Waals surface area (Å²) >= 11 is 5.88. The number of thiol groups is 1. The number of amides is 1. The maximum absolute atomic E-state index is 11.9. The summed E-state index contributed by atoms with van der Waals surface area (Å²) in [5, 5.41) is 3.12. The van der Waals surface area contributed by atoms with E-state index in [0.29, 0.717) is 18.7 Å². The third-order valence-electron chi connectivity index (χ3n) is 2.99. The van der Waals surface area contributed by atoms with Crippen LogP contribution in [0, 0.1) is 0 Å². The molecule has 0 bridgehead atoms. The van der Waals surface area contributed by atoms with Gasteiger partial charge in [0.15, 0.2) is 0 Å². The van der Waals surface area contributed by atoms with Crippen LogP contribution in [0.15, 0.2) is 35.7 Å². The molecule has 0 saturated heterocycles. The summed E-state index contributed by atoms with van der Waals surface area (Å²) in [6.07, 6.45) is 2.55. The van der Waals surface area contributed by atoms with Crippen molar-refractivity contribution in [2.75, 3.05) is 12.3 Å². The molecule has 0 aliphatic rings. The predicted octanol–water partition coefficient (Wildman–Crippen LogP) is 2.91. The van der Waals surface area contributed by atoms with Crippen LogP contribution in [0.25, 0.3) is 0 Å². The first-order valence-corrected chi connectivity index (χ1v) is 7.96. The number of nitrogens with one attached hydrogen (secondary N) is 1. The topological polar surface area (TPSA) is 55.1 Å². The Morgan fingerprint density at radius 2 is 2.25 bits per heavy atom. The second-order valence-electron chi connectivity index (χ2n) is 4.61. The number of thioether (sulfide) groups is 1. The van der Waals surface area contributed by atoms with Crippen LogP contribution in [-0.2, 0) is 11.2 Å². The molecule has 0 spiro atoms. The van der Waals surface area contributed by atoms with Crippen molar-refractivity contribution in [2.45, 2.75) is 35.7 Å². The Labute approximate surface area is 130 Å². The fourth-order valence-corrected chi connectivity index (χ4v) is 2.91. The summed E-state index contributed by atoms with van der Waals surface area (Å²) in [6, 6.07) is 5.73. The molecular weight excluding hydrogens is 288 g/mol. The van der Waals surface area contributed by atoms with Crippen molar-refractivity contribution in [1.82, 2.24) is 5.32 Å². The van der Waals surface area contributed by atoms with Gasteiger partial charge in [0.2, 0.25) is 5.91 Å². The third-order valence-corrected chi connectivity index (χ3v) is 4.62. The highest BCUT2D eigenvalue weighted by molar-refractivity contribution is 8.01. The lowest BCUT2D eigenvalue weighted by atomic mass is 10.1. The van der Waals surface area contributed by atoms with Crippen molar-refractivity contribution in [3.05, 3.63) is 36.4 Å². The largest absolute Gasteiger partial charge is 0.398 e. The van der Waals surface area contributed by atoms with E-state index >= 15 is 0 Å². The first-order chi connectivity index (χ1) is 9.45. The molecule has 2 atom stereocenters. The SMILES string of the molecule is C=CC(C)SC(C)C(=O)NCCc1cccc(S)c1N. The van der Waals surface area contributed by atoms with Gasteiger partial charge < -0.3 is 11.1 Å². The van der Waals surface area contributed by atoms with Crippen molar-refractivity contribution in [1.29, 1.82) is 0 Å². The van der Waals surface area contributed by atoms with Crippen LogP contribution in [0.3, 0.4) is 0 Å². The second-order valence-corrected chi connectivity index (χ2v) is 6.81. The van der Waals surface area contributed by atoms with Gasteiger partial charge in [-0.15, -0.1) is 31.0 Å². The van der Waals surface area contributed by atoms with E-state index in [4.69, 9.17) is 5.73 Å². The average molecular weight is 310 g/mol. The molecule has 1 rings (SSSR count). The Balaban J connectivity index is 2.42. The Kier molecular flexibility index (Phi) is 7.02. The van der Waals surface area contributed by atoms with Crippen molar-refractivity contribution >= 4 is 36.0 Å². The van der Waals surface area contributed by atoms with E-state index in [1.54, 1.807) is 11.8 Å². The third kappa shape index (κ3) is 5.13. The fraction of sp³-hybridized carbons (Fsp3) is 0.400. The zero-order valence-corrected chi connectivity index (χ0v) is 13.6. The molecule has 20 heavy (non-hydrogen) atoms. The zero-order valence-electron chi connectivity index (χ0n) is 11.9. The second kappa shape index (κ2) is 8.27. The predicted molar refractivity (Wildman–Crippen MR) is 91.5 cm³/mol. The molecule has 2 unspecified atom stereocenters. The zero-order chi connectivity index (χ0) is 15.1. The highest BCUT2D eigenvalue weighted by atomic mass is 32.2. The molecule has 0 aliphatic carbocycles. The molecular formula is C15H22N2OS2. The van der Waals surface area contributed by atoms with Crippen LogP contribution in [0.2, 0.25) is 0 Å². The Bertz CT molecular complexity index is 477. The number of carbonyl (C=O) groups is 1. The summed E-state index contributed by atoms with van der Waals surface area (Å²) in [6.45, 7) is 8.23. The van der Waals surface area contributed by atoms with Gasteiger partial charge in [-0.2, -0.15) is 0 Å². The molecule has 0 aliphatic heterocycles. The van der Waals surface area contributed by atoms with Crippen LogP contribution in [0.5, 0.6) is 0 Å². The van der Waals surface area contributed by atoms with Gasteiger partial charge in [-0.25, -0.2) is 0 Å². The Morgan fingerprint density at radius 1 is 1.55 bits per heavy atom. The molecule has 0 fully saturated rings. The normalized spacial score (nSPS) is 13.6. The molecule has 0 heterocycles. The average Bonchev–Trinajstić information content (AvgIpc) is 2.43. The van der Waals surface area contributed by atoms with Gasteiger partial charge in [0.25, 0.3) is 0 Å². The van der Waals surface area contributed by atoms with Gasteiger partial charge in [0.1, 0.15) is 0 Å². The number of anilines is 1. The maximum Gasteiger partial charge on any atom is 0.232 e. The molecule has 0 saturated carbocycles. The van der Waals surface area contributed by atoms with Crippen molar-refractivity contribution < 1.29 is 4.79 Å². The fourth-order valence-electron chi connectivity index (χ4n) is 1.72. The van der Waals surface area contributed by atoms with Crippen molar-refractivity contribution in [2.24, 2.45) is 0 Å². The van der Waals surface area contributed by atoms with E-state index in [1.807, 2.05) is 38.1 Å². The lowest BCUT2D eigenvalue weighted by Crippen LogP contribution is -2.33. The highest BCUT2D eigenvalue weighted by Gasteiger charge is 2.15. The summed E-state index contributed by atoms with van der Waals surface area (Å²) < 4.78 is 0. The number of hydrogen-bond acceptors (Lipinski definition) is 4. The lowest BCUT2D eigenvalue weighted by Gasteiger charge is -2.15.